The first kappa shape index (κ1) is 10.9. The maximum atomic E-state index is 8.99. The summed E-state index contributed by atoms with van der Waals surface area (Å²) in [5, 5.41) is 8.99. The Labute approximate surface area is 104 Å². The minimum Gasteiger partial charge on any atom is -0.390 e. The van der Waals surface area contributed by atoms with E-state index in [1.807, 2.05) is 18.0 Å². The smallest absolute Gasteiger partial charge is 0.0950 e. The monoisotopic (exact) mass is 246 g/mol. The number of rotatable bonds is 3. The summed E-state index contributed by atoms with van der Waals surface area (Å²) in [7, 11) is 0. The van der Waals surface area contributed by atoms with Gasteiger partial charge >= 0.3 is 0 Å². The van der Waals surface area contributed by atoms with Crippen molar-refractivity contribution in [1.29, 1.82) is 0 Å². The Hall–Kier alpha value is -1.26. The maximum Gasteiger partial charge on any atom is 0.0950 e. The summed E-state index contributed by atoms with van der Waals surface area (Å²) in [6.07, 6.45) is 3.72. The summed E-state index contributed by atoms with van der Waals surface area (Å²) < 4.78 is 2.07. The van der Waals surface area contributed by atoms with Gasteiger partial charge in [0.05, 0.1) is 18.6 Å². The fraction of sp³-hybridized carbons (Fsp3) is 0.308. The van der Waals surface area contributed by atoms with Gasteiger partial charge in [0.25, 0.3) is 0 Å². The zero-order chi connectivity index (χ0) is 11.7. The molecule has 4 heteroatoms. The normalized spacial score (nSPS) is 18.3. The Balaban J connectivity index is 1.79. The first-order valence-corrected chi connectivity index (χ1v) is 6.68. The number of aliphatic hydroxyl groups is 1. The summed E-state index contributed by atoms with van der Waals surface area (Å²) in [4.78, 5) is 5.54. The van der Waals surface area contributed by atoms with Crippen LogP contribution in [0, 0.1) is 0 Å². The Morgan fingerprint density at radius 2 is 2.29 bits per heavy atom. The molecule has 0 amide bonds. The Morgan fingerprint density at radius 3 is 3.12 bits per heavy atom. The molecule has 0 aliphatic carbocycles. The number of nitrogens with zero attached hydrogens (tertiary/aromatic N) is 2. The van der Waals surface area contributed by atoms with Gasteiger partial charge in [-0.05, 0) is 11.6 Å². The number of thioether (sulfide) groups is 1. The molecule has 2 aromatic rings. The van der Waals surface area contributed by atoms with Gasteiger partial charge < -0.3 is 9.67 Å². The second-order valence-corrected chi connectivity index (χ2v) is 5.33. The van der Waals surface area contributed by atoms with Crippen LogP contribution in [0.25, 0.3) is 0 Å². The molecule has 0 radical (unpaired) electrons. The first-order valence-electron chi connectivity index (χ1n) is 5.70. The third-order valence-electron chi connectivity index (χ3n) is 3.08. The van der Waals surface area contributed by atoms with Gasteiger partial charge in [-0.3, -0.25) is 0 Å². The molecular weight excluding hydrogens is 232 g/mol. The quantitative estimate of drug-likeness (QED) is 0.902. The molecule has 3 rings (SSSR count). The van der Waals surface area contributed by atoms with Gasteiger partial charge in [-0.15, -0.1) is 11.8 Å². The molecule has 1 aromatic heterocycles. The van der Waals surface area contributed by atoms with Crippen molar-refractivity contribution in [3.05, 3.63) is 48.0 Å². The Morgan fingerprint density at radius 1 is 1.41 bits per heavy atom. The molecule has 0 saturated carbocycles. The van der Waals surface area contributed by atoms with Gasteiger partial charge in [-0.25, -0.2) is 4.98 Å². The minimum atomic E-state index is 0.0169. The number of aromatic nitrogens is 2. The second-order valence-electron chi connectivity index (χ2n) is 4.27. The number of hydrogen-bond acceptors (Lipinski definition) is 3. The highest BCUT2D eigenvalue weighted by atomic mass is 32.2. The molecule has 88 valence electrons. The minimum absolute atomic E-state index is 0.0169. The van der Waals surface area contributed by atoms with Crippen LogP contribution in [-0.4, -0.2) is 20.4 Å². The van der Waals surface area contributed by atoms with Crippen LogP contribution >= 0.6 is 11.8 Å². The molecular formula is C13H14N2OS. The maximum absolute atomic E-state index is 8.99. The molecule has 0 spiro atoms. The van der Waals surface area contributed by atoms with Crippen LogP contribution < -0.4 is 0 Å². The van der Waals surface area contributed by atoms with Crippen LogP contribution in [0.4, 0.5) is 0 Å². The summed E-state index contributed by atoms with van der Waals surface area (Å²) in [5.41, 5.74) is 2.18. The largest absolute Gasteiger partial charge is 0.390 e. The molecule has 1 aliphatic rings. The van der Waals surface area contributed by atoms with Gasteiger partial charge in [0.2, 0.25) is 0 Å². The van der Waals surface area contributed by atoms with Gasteiger partial charge in [-0.2, -0.15) is 0 Å². The summed E-state index contributed by atoms with van der Waals surface area (Å²) in [6.45, 7) is 0.958. The number of imidazole rings is 1. The molecule has 3 nitrogen and oxygen atoms in total. The van der Waals surface area contributed by atoms with E-state index in [-0.39, 0.29) is 6.61 Å². The molecule has 0 saturated heterocycles. The zero-order valence-corrected chi connectivity index (χ0v) is 10.2. The van der Waals surface area contributed by atoms with E-state index < -0.39 is 0 Å². The third kappa shape index (κ3) is 2.10. The zero-order valence-electron chi connectivity index (χ0n) is 9.41. The van der Waals surface area contributed by atoms with Gasteiger partial charge in [0.15, 0.2) is 0 Å². The van der Waals surface area contributed by atoms with Crippen LogP contribution in [0.3, 0.4) is 0 Å². The molecule has 2 heterocycles. The second kappa shape index (κ2) is 4.55. The van der Waals surface area contributed by atoms with Gasteiger partial charge in [0.1, 0.15) is 0 Å². The molecule has 17 heavy (non-hydrogen) atoms. The van der Waals surface area contributed by atoms with Crippen LogP contribution in [0.2, 0.25) is 0 Å². The van der Waals surface area contributed by atoms with Crippen molar-refractivity contribution < 1.29 is 5.11 Å². The predicted molar refractivity (Wildman–Crippen MR) is 68.1 cm³/mol. The highest BCUT2D eigenvalue weighted by Crippen LogP contribution is 2.39. The van der Waals surface area contributed by atoms with E-state index in [9.17, 15) is 0 Å². The van der Waals surface area contributed by atoms with Crippen molar-refractivity contribution in [2.24, 2.45) is 0 Å². The average Bonchev–Trinajstić information content (AvgIpc) is 2.97. The van der Waals surface area contributed by atoms with E-state index in [4.69, 9.17) is 5.11 Å². The van der Waals surface area contributed by atoms with E-state index in [2.05, 4.69) is 33.8 Å². The molecule has 1 N–H and O–H groups in total. The Bertz CT molecular complexity index is 524. The van der Waals surface area contributed by atoms with Crippen molar-refractivity contribution in [2.75, 3.05) is 5.75 Å². The van der Waals surface area contributed by atoms with E-state index in [1.54, 1.807) is 6.33 Å². The molecule has 1 aromatic carbocycles. The lowest BCUT2D eigenvalue weighted by atomic mass is 10.0. The van der Waals surface area contributed by atoms with Crippen molar-refractivity contribution in [3.63, 3.8) is 0 Å². The fourth-order valence-electron chi connectivity index (χ4n) is 2.22. The van der Waals surface area contributed by atoms with E-state index in [0.717, 1.165) is 18.0 Å². The molecule has 1 unspecified atom stereocenters. The van der Waals surface area contributed by atoms with E-state index in [1.165, 1.54) is 10.5 Å². The summed E-state index contributed by atoms with van der Waals surface area (Å²) in [6, 6.07) is 8.59. The lowest BCUT2D eigenvalue weighted by molar-refractivity contribution is 0.277. The van der Waals surface area contributed by atoms with Crippen LogP contribution in [0.5, 0.6) is 0 Å². The topological polar surface area (TPSA) is 38.0 Å². The van der Waals surface area contributed by atoms with Gasteiger partial charge in [-0.1, -0.05) is 18.2 Å². The van der Waals surface area contributed by atoms with Crippen molar-refractivity contribution in [2.45, 2.75) is 24.0 Å². The number of aliphatic hydroxyl groups excluding tert-OH is 1. The Kier molecular flexibility index (Phi) is 2.91. The fourth-order valence-corrected chi connectivity index (χ4v) is 3.46. The molecule has 1 aliphatic heterocycles. The highest BCUT2D eigenvalue weighted by Gasteiger charge is 2.22. The molecule has 1 atom stereocenters. The van der Waals surface area contributed by atoms with Crippen LogP contribution in [0.1, 0.15) is 17.2 Å². The van der Waals surface area contributed by atoms with E-state index in [0.29, 0.717) is 5.92 Å². The van der Waals surface area contributed by atoms with Crippen LogP contribution in [-0.2, 0) is 13.2 Å². The molecule has 0 fully saturated rings. The number of benzene rings is 1. The van der Waals surface area contributed by atoms with Crippen molar-refractivity contribution in [3.8, 4) is 0 Å². The SMILES string of the molecule is OCc1cn(CC2CSc3ccccc32)cn1. The third-order valence-corrected chi connectivity index (χ3v) is 4.33. The summed E-state index contributed by atoms with van der Waals surface area (Å²) >= 11 is 1.92. The van der Waals surface area contributed by atoms with Crippen LogP contribution in [0.15, 0.2) is 41.7 Å². The standard InChI is InChI=1S/C13H14N2OS/c16-7-11-6-15(9-14-11)5-10-8-17-13-4-2-1-3-12(10)13/h1-4,6,9-10,16H,5,7-8H2. The first-order chi connectivity index (χ1) is 8.36. The average molecular weight is 246 g/mol. The number of fused-ring (bicyclic) bond motifs is 1. The number of hydrogen-bond donors (Lipinski definition) is 1. The highest BCUT2D eigenvalue weighted by molar-refractivity contribution is 7.99. The van der Waals surface area contributed by atoms with Crippen molar-refractivity contribution in [1.82, 2.24) is 9.55 Å². The van der Waals surface area contributed by atoms with Gasteiger partial charge in [0, 0.05) is 29.3 Å². The predicted octanol–water partition coefficient (Wildman–Crippen LogP) is 2.26. The van der Waals surface area contributed by atoms with Crippen molar-refractivity contribution >= 4 is 11.8 Å². The lowest BCUT2D eigenvalue weighted by Crippen LogP contribution is -2.07. The lowest BCUT2D eigenvalue weighted by Gasteiger charge is -2.10. The van der Waals surface area contributed by atoms with E-state index >= 15 is 0 Å². The summed E-state index contributed by atoms with van der Waals surface area (Å²) in [5.74, 6) is 1.68. The molecule has 0 bridgehead atoms.